The fraction of sp³-hybridized carbons (Fsp3) is 0.600. The molecule has 1 unspecified atom stereocenters. The number of likely N-dealkylation sites (N-methyl/N-ethyl adjacent to an activating group) is 1. The maximum Gasteiger partial charge on any atom is 0.397 e. The summed E-state index contributed by atoms with van der Waals surface area (Å²) in [6, 6.07) is 0.583. The van der Waals surface area contributed by atoms with Gasteiger partial charge in [0.05, 0.1) is 6.61 Å². The summed E-state index contributed by atoms with van der Waals surface area (Å²) in [4.78, 5) is 2.29. The molecule has 0 saturated carbocycles. The van der Waals surface area contributed by atoms with E-state index >= 15 is 0 Å². The molecule has 1 atom stereocenters. The molecule has 0 bridgehead atoms. The van der Waals surface area contributed by atoms with Gasteiger partial charge in [-0.25, -0.2) is 4.18 Å². The van der Waals surface area contributed by atoms with Gasteiger partial charge in [-0.1, -0.05) is 12.2 Å². The van der Waals surface area contributed by atoms with Gasteiger partial charge in [0.15, 0.2) is 0 Å². The Morgan fingerprint density at radius 1 is 1.38 bits per heavy atom. The van der Waals surface area contributed by atoms with Gasteiger partial charge in [-0.15, -0.1) is 0 Å². The molecule has 0 aliphatic carbocycles. The van der Waals surface area contributed by atoms with Gasteiger partial charge in [0, 0.05) is 12.6 Å². The molecule has 1 heterocycles. The predicted octanol–water partition coefficient (Wildman–Crippen LogP) is 1.61. The summed E-state index contributed by atoms with van der Waals surface area (Å²) < 4.78 is 30.7. The van der Waals surface area contributed by atoms with Crippen molar-refractivity contribution < 1.29 is 17.2 Å². The fourth-order valence-electron chi connectivity index (χ4n) is 1.17. The van der Waals surface area contributed by atoms with E-state index in [0.717, 1.165) is 6.54 Å². The van der Waals surface area contributed by atoms with Crippen molar-refractivity contribution in [3.8, 4) is 0 Å². The Kier molecular flexibility index (Phi) is 7.03. The lowest BCUT2D eigenvalue weighted by molar-refractivity contribution is 0.283. The standard InChI is InChI=1S/C8H13N.C2H6O4S/c1-3-9-7-5-4-6-8(9)2;1-2-6-7(3,4)5/h4-8H,3H2,1-2H3;2H2,1H3,(H,3,4,5). The van der Waals surface area contributed by atoms with Crippen molar-refractivity contribution in [2.75, 3.05) is 13.2 Å². The molecule has 1 N–H and O–H groups in total. The second-order valence-electron chi connectivity index (χ2n) is 3.13. The van der Waals surface area contributed by atoms with Crippen molar-refractivity contribution in [2.45, 2.75) is 26.8 Å². The zero-order valence-corrected chi connectivity index (χ0v) is 10.6. The van der Waals surface area contributed by atoms with E-state index in [1.54, 1.807) is 0 Å². The third kappa shape index (κ3) is 7.44. The lowest BCUT2D eigenvalue weighted by Crippen LogP contribution is -2.27. The molecule has 6 heteroatoms. The summed E-state index contributed by atoms with van der Waals surface area (Å²) in [5, 5.41) is 0. The molecule has 16 heavy (non-hydrogen) atoms. The highest BCUT2D eigenvalue weighted by molar-refractivity contribution is 7.80. The number of hydrogen-bond donors (Lipinski definition) is 1. The lowest BCUT2D eigenvalue weighted by atomic mass is 10.2. The van der Waals surface area contributed by atoms with Crippen LogP contribution in [0.2, 0.25) is 0 Å². The van der Waals surface area contributed by atoms with Crippen LogP contribution in [0.25, 0.3) is 0 Å². The van der Waals surface area contributed by atoms with Crippen molar-refractivity contribution in [3.05, 3.63) is 24.4 Å². The van der Waals surface area contributed by atoms with Gasteiger partial charge in [-0.3, -0.25) is 4.55 Å². The molecule has 0 spiro atoms. The molecule has 94 valence electrons. The maximum absolute atomic E-state index is 9.56. The van der Waals surface area contributed by atoms with Crippen molar-refractivity contribution >= 4 is 10.4 Å². The number of hydrogen-bond acceptors (Lipinski definition) is 4. The summed E-state index contributed by atoms with van der Waals surface area (Å²) in [7, 11) is -4.17. The minimum Gasteiger partial charge on any atom is -0.372 e. The molecule has 0 amide bonds. The third-order valence-electron chi connectivity index (χ3n) is 1.93. The van der Waals surface area contributed by atoms with Crippen LogP contribution in [-0.2, 0) is 14.6 Å². The Labute approximate surface area is 97.4 Å². The largest absolute Gasteiger partial charge is 0.397 e. The normalized spacial score (nSPS) is 19.2. The van der Waals surface area contributed by atoms with E-state index < -0.39 is 10.4 Å². The van der Waals surface area contributed by atoms with E-state index in [4.69, 9.17) is 4.55 Å². The minimum atomic E-state index is -4.17. The van der Waals surface area contributed by atoms with Gasteiger partial charge >= 0.3 is 10.4 Å². The average molecular weight is 249 g/mol. The van der Waals surface area contributed by atoms with Crippen LogP contribution in [0.1, 0.15) is 20.8 Å². The lowest BCUT2D eigenvalue weighted by Gasteiger charge is -2.25. The van der Waals surface area contributed by atoms with Gasteiger partial charge in [0.2, 0.25) is 0 Å². The molecule has 1 aliphatic heterocycles. The van der Waals surface area contributed by atoms with Crippen LogP contribution in [0.5, 0.6) is 0 Å². The van der Waals surface area contributed by atoms with E-state index in [9.17, 15) is 8.42 Å². The van der Waals surface area contributed by atoms with Crippen molar-refractivity contribution in [3.63, 3.8) is 0 Å². The number of allylic oxidation sites excluding steroid dienone is 2. The molecule has 1 rings (SSSR count). The maximum atomic E-state index is 9.56. The molecule has 0 saturated heterocycles. The van der Waals surface area contributed by atoms with Gasteiger partial charge in [0.25, 0.3) is 0 Å². The van der Waals surface area contributed by atoms with Crippen LogP contribution in [0.3, 0.4) is 0 Å². The Bertz CT molecular complexity index is 335. The molecule has 1 aliphatic rings. The van der Waals surface area contributed by atoms with Gasteiger partial charge in [-0.2, -0.15) is 8.42 Å². The Morgan fingerprint density at radius 3 is 2.25 bits per heavy atom. The molecule has 0 aromatic carbocycles. The fourth-order valence-corrected chi connectivity index (χ4v) is 1.47. The van der Waals surface area contributed by atoms with Crippen LogP contribution in [-0.4, -0.2) is 37.1 Å². The number of rotatable bonds is 3. The van der Waals surface area contributed by atoms with Crippen LogP contribution in [0, 0.1) is 0 Å². The van der Waals surface area contributed by atoms with E-state index in [1.165, 1.54) is 6.92 Å². The molecule has 0 aromatic rings. The zero-order chi connectivity index (χ0) is 12.6. The number of nitrogens with zero attached hydrogens (tertiary/aromatic N) is 1. The Hall–Kier alpha value is -0.850. The van der Waals surface area contributed by atoms with Gasteiger partial charge in [0.1, 0.15) is 0 Å². The third-order valence-corrected chi connectivity index (χ3v) is 2.47. The molecule has 0 radical (unpaired) electrons. The average Bonchev–Trinajstić information content (AvgIpc) is 2.17. The highest BCUT2D eigenvalue weighted by Gasteiger charge is 2.04. The molecular formula is C10H19NO4S. The molecule has 0 aromatic heterocycles. The highest BCUT2D eigenvalue weighted by Crippen LogP contribution is 2.05. The first-order chi connectivity index (χ1) is 7.40. The zero-order valence-electron chi connectivity index (χ0n) is 9.83. The summed E-state index contributed by atoms with van der Waals surface area (Å²) in [5.41, 5.74) is 0. The van der Waals surface area contributed by atoms with Crippen LogP contribution < -0.4 is 0 Å². The summed E-state index contributed by atoms with van der Waals surface area (Å²) in [6.45, 7) is 6.90. The Morgan fingerprint density at radius 2 is 2.00 bits per heavy atom. The second kappa shape index (κ2) is 7.43. The summed E-state index contributed by atoms with van der Waals surface area (Å²) in [6.07, 6.45) is 8.49. The van der Waals surface area contributed by atoms with Crippen molar-refractivity contribution in [1.29, 1.82) is 0 Å². The van der Waals surface area contributed by atoms with Gasteiger partial charge < -0.3 is 4.90 Å². The van der Waals surface area contributed by atoms with E-state index in [0.29, 0.717) is 6.04 Å². The first-order valence-electron chi connectivity index (χ1n) is 5.13. The first-order valence-corrected chi connectivity index (χ1v) is 6.49. The molecule has 0 fully saturated rings. The smallest absolute Gasteiger partial charge is 0.372 e. The molecular weight excluding hydrogens is 230 g/mol. The summed E-state index contributed by atoms with van der Waals surface area (Å²) >= 11 is 0. The topological polar surface area (TPSA) is 66.8 Å². The van der Waals surface area contributed by atoms with Crippen molar-refractivity contribution in [1.82, 2.24) is 4.90 Å². The van der Waals surface area contributed by atoms with Crippen LogP contribution in [0.4, 0.5) is 0 Å². The monoisotopic (exact) mass is 249 g/mol. The minimum absolute atomic E-state index is 0.0289. The van der Waals surface area contributed by atoms with E-state index in [2.05, 4.69) is 47.4 Å². The first kappa shape index (κ1) is 15.2. The van der Waals surface area contributed by atoms with E-state index in [-0.39, 0.29) is 6.61 Å². The Balaban J connectivity index is 0.000000293. The van der Waals surface area contributed by atoms with Gasteiger partial charge in [-0.05, 0) is 33.0 Å². The van der Waals surface area contributed by atoms with Crippen molar-refractivity contribution in [2.24, 2.45) is 0 Å². The SMILES string of the molecule is CCN1C=CC=CC1C.CCOS(=O)(=O)O. The molecule has 5 nitrogen and oxygen atoms in total. The highest BCUT2D eigenvalue weighted by atomic mass is 32.3. The predicted molar refractivity (Wildman–Crippen MR) is 63.3 cm³/mol. The van der Waals surface area contributed by atoms with Crippen LogP contribution in [0.15, 0.2) is 24.4 Å². The van der Waals surface area contributed by atoms with Crippen LogP contribution >= 0.6 is 0 Å². The quantitative estimate of drug-likeness (QED) is 0.770. The van der Waals surface area contributed by atoms with E-state index in [1.807, 2.05) is 0 Å². The summed E-state index contributed by atoms with van der Waals surface area (Å²) in [5.74, 6) is 0. The second-order valence-corrected chi connectivity index (χ2v) is 4.22.